The van der Waals surface area contributed by atoms with E-state index < -0.39 is 0 Å². The zero-order chi connectivity index (χ0) is 22.2. The number of methoxy groups -OCH3 is 3. The van der Waals surface area contributed by atoms with Gasteiger partial charge in [0.2, 0.25) is 5.69 Å². The van der Waals surface area contributed by atoms with Gasteiger partial charge in [-0.15, -0.1) is 0 Å². The van der Waals surface area contributed by atoms with E-state index in [4.69, 9.17) is 14.2 Å². The van der Waals surface area contributed by atoms with E-state index in [9.17, 15) is 0 Å². The average molecular weight is 544 g/mol. The standard InChI is InChI=1S/C26H28N2O3.HI/c1-26(2)19-9-7-8-10-22(19)28(3)25(26)14-13-20-24(31-6)16-21(27-20)18-12-11-17(29-4)15-23(18)30-5;/h7-16H,1-6H3;1H. The van der Waals surface area contributed by atoms with Gasteiger partial charge in [-0.1, -0.05) is 18.2 Å². The number of H-pyrrole nitrogens is 1. The molecular weight excluding hydrogens is 515 g/mol. The Morgan fingerprint density at radius 2 is 1.59 bits per heavy atom. The summed E-state index contributed by atoms with van der Waals surface area (Å²) in [6, 6.07) is 16.3. The molecule has 0 radical (unpaired) electrons. The maximum Gasteiger partial charge on any atom is 0.209 e. The number of nitrogens with one attached hydrogen (secondary N) is 1. The second-order valence-electron chi connectivity index (χ2n) is 8.15. The molecule has 2 aromatic carbocycles. The van der Waals surface area contributed by atoms with Crippen LogP contribution in [-0.2, 0) is 5.41 Å². The normalized spacial score (nSPS) is 14.3. The van der Waals surface area contributed by atoms with Gasteiger partial charge in [0.05, 0.1) is 38.1 Å². The third-order valence-corrected chi connectivity index (χ3v) is 6.08. The second-order valence-corrected chi connectivity index (χ2v) is 8.15. The molecule has 1 aromatic heterocycles. The Labute approximate surface area is 206 Å². The molecule has 168 valence electrons. The van der Waals surface area contributed by atoms with Gasteiger partial charge in [-0.25, -0.2) is 0 Å². The van der Waals surface area contributed by atoms with Gasteiger partial charge in [-0.05, 0) is 32.1 Å². The van der Waals surface area contributed by atoms with E-state index in [0.717, 1.165) is 34.2 Å². The molecule has 0 spiro atoms. The zero-order valence-corrected chi connectivity index (χ0v) is 21.5. The minimum Gasteiger partial charge on any atom is -1.00 e. The number of aromatic nitrogens is 1. The minimum absolute atomic E-state index is 0. The van der Waals surface area contributed by atoms with Gasteiger partial charge in [0.25, 0.3) is 0 Å². The molecule has 4 rings (SSSR count). The van der Waals surface area contributed by atoms with Crippen LogP contribution in [0.1, 0.15) is 25.1 Å². The lowest BCUT2D eigenvalue weighted by molar-refractivity contribution is -0.401. The van der Waals surface area contributed by atoms with Crippen molar-refractivity contribution in [2.45, 2.75) is 19.3 Å². The van der Waals surface area contributed by atoms with Gasteiger partial charge in [0.15, 0.2) is 5.71 Å². The van der Waals surface area contributed by atoms with E-state index in [1.807, 2.05) is 24.3 Å². The van der Waals surface area contributed by atoms with Crippen LogP contribution in [0.25, 0.3) is 17.3 Å². The van der Waals surface area contributed by atoms with Crippen LogP contribution in [-0.4, -0.2) is 43.6 Å². The van der Waals surface area contributed by atoms with Crippen LogP contribution >= 0.6 is 0 Å². The molecule has 0 aliphatic carbocycles. The molecule has 2 heterocycles. The SMILES string of the molecule is COc1ccc(-c2cc(OC)c(/C=C/C3=[N+](C)c4ccccc4C3(C)C)[nH]2)c(OC)c1.[I-]. The van der Waals surface area contributed by atoms with E-state index in [-0.39, 0.29) is 29.4 Å². The predicted octanol–water partition coefficient (Wildman–Crippen LogP) is 2.43. The van der Waals surface area contributed by atoms with Crippen LogP contribution in [0.3, 0.4) is 0 Å². The Bertz CT molecular complexity index is 1190. The molecule has 1 N–H and O–H groups in total. The Hall–Kier alpha value is -2.74. The monoisotopic (exact) mass is 544 g/mol. The van der Waals surface area contributed by atoms with E-state index in [1.165, 1.54) is 17.0 Å². The number of rotatable bonds is 6. The first kappa shape index (κ1) is 23.9. The Morgan fingerprint density at radius 1 is 0.875 bits per heavy atom. The highest BCUT2D eigenvalue weighted by molar-refractivity contribution is 6.05. The van der Waals surface area contributed by atoms with Gasteiger partial charge >= 0.3 is 0 Å². The van der Waals surface area contributed by atoms with Crippen LogP contribution in [0.5, 0.6) is 17.2 Å². The summed E-state index contributed by atoms with van der Waals surface area (Å²) < 4.78 is 18.8. The lowest BCUT2D eigenvalue weighted by Gasteiger charge is -2.15. The number of fused-ring (bicyclic) bond motifs is 1. The molecular formula is C26H29IN2O3. The summed E-state index contributed by atoms with van der Waals surface area (Å²) in [6.45, 7) is 4.52. The third-order valence-electron chi connectivity index (χ3n) is 6.08. The molecule has 0 saturated carbocycles. The summed E-state index contributed by atoms with van der Waals surface area (Å²) >= 11 is 0. The molecule has 0 fully saturated rings. The smallest absolute Gasteiger partial charge is 0.209 e. The highest BCUT2D eigenvalue weighted by Crippen LogP contribution is 2.40. The molecule has 3 aromatic rings. The first-order valence-electron chi connectivity index (χ1n) is 10.3. The quantitative estimate of drug-likeness (QED) is 0.383. The van der Waals surface area contributed by atoms with Crippen LogP contribution in [0, 0.1) is 0 Å². The highest BCUT2D eigenvalue weighted by atomic mass is 127. The first-order chi connectivity index (χ1) is 14.9. The Balaban J connectivity index is 0.00000289. The van der Waals surface area contributed by atoms with Crippen LogP contribution in [0.15, 0.2) is 54.6 Å². The fourth-order valence-corrected chi connectivity index (χ4v) is 4.37. The van der Waals surface area contributed by atoms with Crippen molar-refractivity contribution in [2.75, 3.05) is 28.4 Å². The summed E-state index contributed by atoms with van der Waals surface area (Å²) in [6.07, 6.45) is 4.25. The van der Waals surface area contributed by atoms with Gasteiger partial charge < -0.3 is 43.2 Å². The van der Waals surface area contributed by atoms with Gasteiger partial charge in [-0.3, -0.25) is 0 Å². The number of ether oxygens (including phenoxy) is 3. The van der Waals surface area contributed by atoms with Crippen LogP contribution in [0.4, 0.5) is 5.69 Å². The highest BCUT2D eigenvalue weighted by Gasteiger charge is 2.42. The molecule has 0 unspecified atom stereocenters. The van der Waals surface area contributed by atoms with Crippen molar-refractivity contribution >= 4 is 17.5 Å². The van der Waals surface area contributed by atoms with E-state index in [1.54, 1.807) is 21.3 Å². The number of hydrogen-bond donors (Lipinski definition) is 1. The summed E-state index contributed by atoms with van der Waals surface area (Å²) in [5, 5.41) is 0. The molecule has 32 heavy (non-hydrogen) atoms. The number of aromatic amines is 1. The van der Waals surface area contributed by atoms with Gasteiger partial charge in [0, 0.05) is 35.4 Å². The number of nitrogens with zero attached hydrogens (tertiary/aromatic N) is 1. The maximum atomic E-state index is 5.65. The largest absolute Gasteiger partial charge is 1.00 e. The topological polar surface area (TPSA) is 46.5 Å². The second kappa shape index (κ2) is 9.40. The molecule has 0 atom stereocenters. The maximum absolute atomic E-state index is 5.65. The van der Waals surface area contributed by atoms with Gasteiger partial charge in [0.1, 0.15) is 24.3 Å². The fraction of sp³-hybridized carbons (Fsp3) is 0.269. The van der Waals surface area contributed by atoms with E-state index >= 15 is 0 Å². The summed E-state index contributed by atoms with van der Waals surface area (Å²) in [4.78, 5) is 3.48. The van der Waals surface area contributed by atoms with Crippen molar-refractivity contribution in [2.24, 2.45) is 0 Å². The molecule has 5 nitrogen and oxygen atoms in total. The van der Waals surface area contributed by atoms with Gasteiger partial charge in [-0.2, -0.15) is 4.58 Å². The van der Waals surface area contributed by atoms with Crippen molar-refractivity contribution < 1.29 is 42.8 Å². The summed E-state index contributed by atoms with van der Waals surface area (Å²) in [5.74, 6) is 2.27. The van der Waals surface area contributed by atoms with Crippen molar-refractivity contribution in [3.63, 3.8) is 0 Å². The summed E-state index contributed by atoms with van der Waals surface area (Å²) in [7, 11) is 7.11. The minimum atomic E-state index is -0.0797. The molecule has 0 bridgehead atoms. The van der Waals surface area contributed by atoms with Crippen molar-refractivity contribution in [3.05, 3.63) is 65.9 Å². The lowest BCUT2D eigenvalue weighted by atomic mass is 9.81. The van der Waals surface area contributed by atoms with Crippen molar-refractivity contribution in [1.82, 2.24) is 4.98 Å². The summed E-state index contributed by atoms with van der Waals surface area (Å²) in [5.41, 5.74) is 6.50. The van der Waals surface area contributed by atoms with Crippen molar-refractivity contribution in [1.29, 1.82) is 0 Å². The van der Waals surface area contributed by atoms with Crippen molar-refractivity contribution in [3.8, 4) is 28.5 Å². The van der Waals surface area contributed by atoms with E-state index in [2.05, 4.69) is 66.9 Å². The number of hydrogen-bond acceptors (Lipinski definition) is 3. The number of allylic oxidation sites excluding steroid dienone is 1. The Kier molecular flexibility index (Phi) is 7.03. The van der Waals surface area contributed by atoms with E-state index in [0.29, 0.717) is 0 Å². The zero-order valence-electron chi connectivity index (χ0n) is 19.3. The molecule has 1 aliphatic heterocycles. The molecule has 0 saturated heterocycles. The fourth-order valence-electron chi connectivity index (χ4n) is 4.37. The number of para-hydroxylation sites is 1. The van der Waals surface area contributed by atoms with Crippen LogP contribution in [0.2, 0.25) is 0 Å². The molecule has 0 amide bonds. The molecule has 1 aliphatic rings. The van der Waals surface area contributed by atoms with Crippen LogP contribution < -0.4 is 38.2 Å². The number of benzene rings is 2. The number of halogens is 1. The lowest BCUT2D eigenvalue weighted by Crippen LogP contribution is -3.00. The predicted molar refractivity (Wildman–Crippen MR) is 125 cm³/mol. The Morgan fingerprint density at radius 3 is 2.25 bits per heavy atom. The first-order valence-corrected chi connectivity index (χ1v) is 10.3. The third kappa shape index (κ3) is 4.03. The molecule has 6 heteroatoms. The average Bonchev–Trinajstić information content (AvgIpc) is 3.28.